The van der Waals surface area contributed by atoms with Gasteiger partial charge in [-0.2, -0.15) is 0 Å². The predicted octanol–water partition coefficient (Wildman–Crippen LogP) is 3.12. The van der Waals surface area contributed by atoms with Crippen LogP contribution >= 0.6 is 0 Å². The Morgan fingerprint density at radius 1 is 0.879 bits per heavy atom. The molecule has 1 unspecified atom stereocenters. The van der Waals surface area contributed by atoms with E-state index in [-0.39, 0.29) is 38.6 Å². The van der Waals surface area contributed by atoms with Gasteiger partial charge >= 0.3 is 11.9 Å². The van der Waals surface area contributed by atoms with Gasteiger partial charge in [0.05, 0.1) is 22.8 Å². The van der Waals surface area contributed by atoms with Crippen LogP contribution in [0.3, 0.4) is 0 Å². The summed E-state index contributed by atoms with van der Waals surface area (Å²) in [5.74, 6) is -4.83. The molecule has 9 heteroatoms. The number of aryl methyl sites for hydroxylation is 1. The highest BCUT2D eigenvalue weighted by molar-refractivity contribution is 6.25. The molecule has 0 saturated heterocycles. The van der Waals surface area contributed by atoms with Crippen LogP contribution in [0.25, 0.3) is 21.9 Å². The molecular weight excluding hydrogens is 428 g/mol. The Morgan fingerprint density at radius 3 is 1.94 bits per heavy atom. The zero-order valence-corrected chi connectivity index (χ0v) is 18.1. The average Bonchev–Trinajstić information content (AvgIpc) is 2.75. The Balaban J connectivity index is 2.72. The number of methoxy groups -OCH3 is 1. The van der Waals surface area contributed by atoms with E-state index in [1.54, 1.807) is 32.0 Å². The Kier molecular flexibility index (Phi) is 6.19. The van der Waals surface area contributed by atoms with Gasteiger partial charge in [-0.05, 0) is 54.3 Å². The molecule has 0 aromatic heterocycles. The van der Waals surface area contributed by atoms with E-state index in [9.17, 15) is 29.4 Å². The molecule has 0 aliphatic heterocycles. The van der Waals surface area contributed by atoms with Gasteiger partial charge in [0.2, 0.25) is 11.8 Å². The molecule has 0 saturated carbocycles. The van der Waals surface area contributed by atoms with Gasteiger partial charge < -0.3 is 26.4 Å². The number of benzene rings is 3. The first-order chi connectivity index (χ1) is 15.5. The van der Waals surface area contributed by atoms with Gasteiger partial charge in [-0.25, -0.2) is 9.59 Å². The summed E-state index contributed by atoms with van der Waals surface area (Å²) in [4.78, 5) is 49.1. The molecule has 0 aliphatic rings. The number of hydrogen-bond donors (Lipinski definition) is 4. The highest BCUT2D eigenvalue weighted by Crippen LogP contribution is 2.41. The smallest absolute Gasteiger partial charge is 0.336 e. The molecule has 0 radical (unpaired) electrons. The second-order valence-corrected chi connectivity index (χ2v) is 7.51. The third kappa shape index (κ3) is 3.90. The molecule has 33 heavy (non-hydrogen) atoms. The highest BCUT2D eigenvalue weighted by atomic mass is 16.5. The molecule has 0 bridgehead atoms. The monoisotopic (exact) mass is 450 g/mol. The van der Waals surface area contributed by atoms with Crippen LogP contribution in [-0.4, -0.2) is 41.1 Å². The normalized spacial score (nSPS) is 11.8. The number of carbonyl (C=O) groups excluding carboxylic acids is 2. The molecule has 3 aromatic carbocycles. The number of fused-ring (bicyclic) bond motifs is 1. The fourth-order valence-corrected chi connectivity index (χ4v) is 4.09. The standard InChI is InChI=1S/C24H22N2O7/c1-10-5-4-6-12(11(2)33-3)17(10)15-9-16(21(25)27)18-13(23(29)30)7-8-14(24(31)32)19(18)20(15)22(26)28/h4-9,11H,1-3H3,(H2,25,27)(H2,26,28)(H,29,30)(H,31,32). The first-order valence-electron chi connectivity index (χ1n) is 9.83. The zero-order chi connectivity index (χ0) is 24.6. The summed E-state index contributed by atoms with van der Waals surface area (Å²) in [5, 5.41) is 19.0. The van der Waals surface area contributed by atoms with E-state index in [1.165, 1.54) is 13.2 Å². The van der Waals surface area contributed by atoms with Crippen molar-refractivity contribution in [3.63, 3.8) is 0 Å². The molecule has 3 rings (SSSR count). The van der Waals surface area contributed by atoms with Crippen molar-refractivity contribution in [3.8, 4) is 11.1 Å². The number of carboxylic acids is 2. The Hall–Kier alpha value is -4.24. The van der Waals surface area contributed by atoms with Crippen molar-refractivity contribution in [1.82, 2.24) is 0 Å². The number of carboxylic acid groups (broad SMARTS) is 2. The van der Waals surface area contributed by atoms with E-state index in [2.05, 4.69) is 0 Å². The van der Waals surface area contributed by atoms with Crippen molar-refractivity contribution >= 4 is 34.5 Å². The van der Waals surface area contributed by atoms with Crippen molar-refractivity contribution in [3.05, 3.63) is 69.8 Å². The maximum atomic E-state index is 12.7. The lowest BCUT2D eigenvalue weighted by atomic mass is 9.83. The summed E-state index contributed by atoms with van der Waals surface area (Å²) < 4.78 is 5.45. The number of nitrogens with two attached hydrogens (primary N) is 2. The molecule has 2 amide bonds. The number of aromatic carboxylic acids is 2. The minimum absolute atomic E-state index is 0.158. The van der Waals surface area contributed by atoms with E-state index in [1.807, 2.05) is 0 Å². The van der Waals surface area contributed by atoms with E-state index in [0.717, 1.165) is 12.1 Å². The van der Waals surface area contributed by atoms with Crippen LogP contribution in [0.1, 0.15) is 65.6 Å². The lowest BCUT2D eigenvalue weighted by molar-refractivity contribution is 0.0684. The van der Waals surface area contributed by atoms with Crippen molar-refractivity contribution in [2.45, 2.75) is 20.0 Å². The van der Waals surface area contributed by atoms with Gasteiger partial charge in [0.1, 0.15) is 0 Å². The molecule has 0 spiro atoms. The highest BCUT2D eigenvalue weighted by Gasteiger charge is 2.29. The topological polar surface area (TPSA) is 170 Å². The number of ether oxygens (including phenoxy) is 1. The Bertz CT molecular complexity index is 1340. The molecule has 0 aliphatic carbocycles. The van der Waals surface area contributed by atoms with Crippen LogP contribution in [0.15, 0.2) is 36.4 Å². The summed E-state index contributed by atoms with van der Waals surface area (Å²) >= 11 is 0. The van der Waals surface area contributed by atoms with Crippen LogP contribution in [0.2, 0.25) is 0 Å². The number of amides is 2. The molecule has 9 nitrogen and oxygen atoms in total. The van der Waals surface area contributed by atoms with Crippen LogP contribution in [0.5, 0.6) is 0 Å². The van der Waals surface area contributed by atoms with Crippen LogP contribution in [0.4, 0.5) is 0 Å². The summed E-state index contributed by atoms with van der Waals surface area (Å²) in [6.45, 7) is 3.55. The van der Waals surface area contributed by atoms with Crippen LogP contribution in [-0.2, 0) is 4.74 Å². The molecule has 0 heterocycles. The minimum atomic E-state index is -1.43. The van der Waals surface area contributed by atoms with E-state index < -0.39 is 29.9 Å². The number of rotatable bonds is 7. The van der Waals surface area contributed by atoms with Crippen molar-refractivity contribution in [2.75, 3.05) is 7.11 Å². The zero-order valence-electron chi connectivity index (χ0n) is 18.1. The second-order valence-electron chi connectivity index (χ2n) is 7.51. The molecule has 6 N–H and O–H groups in total. The Morgan fingerprint density at radius 2 is 1.45 bits per heavy atom. The number of carbonyl (C=O) groups is 4. The fourth-order valence-electron chi connectivity index (χ4n) is 4.09. The summed E-state index contributed by atoms with van der Waals surface area (Å²) in [6.07, 6.45) is -0.433. The van der Waals surface area contributed by atoms with E-state index in [4.69, 9.17) is 16.2 Å². The largest absolute Gasteiger partial charge is 0.478 e. The molecule has 170 valence electrons. The first kappa shape index (κ1) is 23.4. The predicted molar refractivity (Wildman–Crippen MR) is 120 cm³/mol. The maximum absolute atomic E-state index is 12.7. The average molecular weight is 450 g/mol. The van der Waals surface area contributed by atoms with Gasteiger partial charge in [0.15, 0.2) is 0 Å². The van der Waals surface area contributed by atoms with Crippen molar-refractivity contribution in [2.24, 2.45) is 11.5 Å². The van der Waals surface area contributed by atoms with Gasteiger partial charge in [-0.1, -0.05) is 18.2 Å². The molecule has 1 atom stereocenters. The summed E-state index contributed by atoms with van der Waals surface area (Å²) in [6, 6.07) is 8.72. The van der Waals surface area contributed by atoms with Gasteiger partial charge in [0, 0.05) is 23.4 Å². The molecule has 0 fully saturated rings. The first-order valence-corrected chi connectivity index (χ1v) is 9.83. The fraction of sp³-hybridized carbons (Fsp3) is 0.167. The van der Waals surface area contributed by atoms with Crippen LogP contribution < -0.4 is 11.5 Å². The lowest BCUT2D eigenvalue weighted by Crippen LogP contribution is -2.20. The third-order valence-electron chi connectivity index (χ3n) is 5.62. The minimum Gasteiger partial charge on any atom is -0.478 e. The van der Waals surface area contributed by atoms with Crippen molar-refractivity contribution in [1.29, 1.82) is 0 Å². The quantitative estimate of drug-likeness (QED) is 0.428. The van der Waals surface area contributed by atoms with Gasteiger partial charge in [-0.3, -0.25) is 9.59 Å². The van der Waals surface area contributed by atoms with Gasteiger partial charge in [0.25, 0.3) is 0 Å². The summed E-state index contributed by atoms with van der Waals surface area (Å²) in [7, 11) is 1.50. The van der Waals surface area contributed by atoms with Gasteiger partial charge in [-0.15, -0.1) is 0 Å². The van der Waals surface area contributed by atoms with E-state index >= 15 is 0 Å². The molecule has 3 aromatic rings. The van der Waals surface area contributed by atoms with Crippen LogP contribution in [0, 0.1) is 6.92 Å². The number of primary amides is 2. The SMILES string of the molecule is COC(C)c1cccc(C)c1-c1cc(C(N)=O)c2c(C(=O)O)ccc(C(=O)O)c2c1C(N)=O. The van der Waals surface area contributed by atoms with E-state index in [0.29, 0.717) is 16.7 Å². The Labute approximate surface area is 188 Å². The summed E-state index contributed by atoms with van der Waals surface area (Å²) in [5.41, 5.74) is 12.1. The lowest BCUT2D eigenvalue weighted by Gasteiger charge is -2.22. The van der Waals surface area contributed by atoms with Crippen molar-refractivity contribution < 1.29 is 34.1 Å². The maximum Gasteiger partial charge on any atom is 0.336 e. The third-order valence-corrected chi connectivity index (χ3v) is 5.62. The number of hydrogen-bond acceptors (Lipinski definition) is 5. The second kappa shape index (κ2) is 8.71. The molecular formula is C24H22N2O7.